The second kappa shape index (κ2) is 8.75. The summed E-state index contributed by atoms with van der Waals surface area (Å²) in [7, 11) is 3.20. The summed E-state index contributed by atoms with van der Waals surface area (Å²) in [5, 5.41) is 11.6. The molecule has 1 fully saturated rings. The second-order valence-electron chi connectivity index (χ2n) is 7.91. The summed E-state index contributed by atoms with van der Waals surface area (Å²) in [4.78, 5) is 40.8. The van der Waals surface area contributed by atoms with Gasteiger partial charge in [0, 0.05) is 33.0 Å². The zero-order chi connectivity index (χ0) is 22.8. The van der Waals surface area contributed by atoms with Crippen LogP contribution in [-0.2, 0) is 22.4 Å². The van der Waals surface area contributed by atoms with E-state index in [9.17, 15) is 19.7 Å². The molecule has 1 aliphatic heterocycles. The molecule has 8 nitrogen and oxygen atoms in total. The number of nitro groups is 1. The molecule has 31 heavy (non-hydrogen) atoms. The summed E-state index contributed by atoms with van der Waals surface area (Å²) >= 11 is 0. The predicted octanol–water partition coefficient (Wildman–Crippen LogP) is 2.84. The maximum absolute atomic E-state index is 13.4. The molecule has 0 spiro atoms. The van der Waals surface area contributed by atoms with Gasteiger partial charge >= 0.3 is 0 Å². The fraction of sp³-hybridized carbons (Fsp3) is 0.391. The normalized spacial score (nSPS) is 21.4. The summed E-state index contributed by atoms with van der Waals surface area (Å²) in [6.45, 7) is 3.87. The van der Waals surface area contributed by atoms with Crippen molar-refractivity contribution in [2.45, 2.75) is 38.3 Å². The first-order chi connectivity index (χ1) is 14.7. The van der Waals surface area contributed by atoms with E-state index in [4.69, 9.17) is 4.74 Å². The molecule has 0 saturated carbocycles. The second-order valence-corrected chi connectivity index (χ2v) is 7.91. The molecule has 2 aromatic carbocycles. The van der Waals surface area contributed by atoms with Crippen molar-refractivity contribution in [2.24, 2.45) is 0 Å². The third-order valence-corrected chi connectivity index (χ3v) is 6.00. The highest BCUT2D eigenvalue weighted by molar-refractivity contribution is 5.99. The molecular formula is C23H27N3O5. The van der Waals surface area contributed by atoms with Crippen molar-refractivity contribution < 1.29 is 19.2 Å². The molecule has 164 valence electrons. The lowest BCUT2D eigenvalue weighted by molar-refractivity contribution is -0.385. The van der Waals surface area contributed by atoms with E-state index in [0.29, 0.717) is 24.3 Å². The van der Waals surface area contributed by atoms with E-state index < -0.39 is 16.5 Å². The van der Waals surface area contributed by atoms with Gasteiger partial charge in [-0.25, -0.2) is 0 Å². The molecule has 8 heteroatoms. The SMILES string of the molecule is CCOc1cccc([N+](=O)[O-])c1CC1C(=O)N(C)C(C)(Cc2ccccc2)C(=O)N1C. The van der Waals surface area contributed by atoms with Gasteiger partial charge in [-0.05, 0) is 25.5 Å². The van der Waals surface area contributed by atoms with Gasteiger partial charge in [0.2, 0.25) is 11.8 Å². The van der Waals surface area contributed by atoms with Crippen LogP contribution in [0.5, 0.6) is 5.75 Å². The van der Waals surface area contributed by atoms with Gasteiger partial charge in [-0.1, -0.05) is 36.4 Å². The molecule has 0 aromatic heterocycles. The topological polar surface area (TPSA) is 93.0 Å². The Hall–Kier alpha value is -3.42. The first-order valence-corrected chi connectivity index (χ1v) is 10.2. The van der Waals surface area contributed by atoms with Crippen LogP contribution < -0.4 is 4.74 Å². The summed E-state index contributed by atoms with van der Waals surface area (Å²) < 4.78 is 5.58. The fourth-order valence-corrected chi connectivity index (χ4v) is 4.12. The average molecular weight is 425 g/mol. The van der Waals surface area contributed by atoms with Crippen molar-refractivity contribution in [1.82, 2.24) is 9.80 Å². The fourth-order valence-electron chi connectivity index (χ4n) is 4.12. The molecule has 0 aliphatic carbocycles. The van der Waals surface area contributed by atoms with Crippen molar-refractivity contribution in [3.05, 3.63) is 69.8 Å². The van der Waals surface area contributed by atoms with Crippen LogP contribution in [0.25, 0.3) is 0 Å². The molecule has 2 atom stereocenters. The Morgan fingerprint density at radius 3 is 2.39 bits per heavy atom. The van der Waals surface area contributed by atoms with Crippen LogP contribution in [0.2, 0.25) is 0 Å². The number of nitrogens with zero attached hydrogens (tertiary/aromatic N) is 3. The van der Waals surface area contributed by atoms with Crippen molar-refractivity contribution in [1.29, 1.82) is 0 Å². The Bertz CT molecular complexity index is 994. The summed E-state index contributed by atoms with van der Waals surface area (Å²) in [5.74, 6) is -0.119. The van der Waals surface area contributed by atoms with Gasteiger partial charge in [0.15, 0.2) is 0 Å². The maximum atomic E-state index is 13.4. The quantitative estimate of drug-likeness (QED) is 0.502. The smallest absolute Gasteiger partial charge is 0.276 e. The number of rotatable bonds is 7. The lowest BCUT2D eigenvalue weighted by Crippen LogP contribution is -2.69. The van der Waals surface area contributed by atoms with Gasteiger partial charge in [0.1, 0.15) is 17.3 Å². The molecule has 0 bridgehead atoms. The summed E-state index contributed by atoms with van der Waals surface area (Å²) in [6.07, 6.45) is 0.376. The lowest BCUT2D eigenvalue weighted by atomic mass is 9.85. The van der Waals surface area contributed by atoms with Crippen LogP contribution in [0.15, 0.2) is 48.5 Å². The number of hydrogen-bond donors (Lipinski definition) is 0. The molecule has 1 saturated heterocycles. The van der Waals surface area contributed by atoms with E-state index in [0.717, 1.165) is 5.56 Å². The van der Waals surface area contributed by atoms with Crippen LogP contribution >= 0.6 is 0 Å². The van der Waals surface area contributed by atoms with Gasteiger partial charge in [-0.2, -0.15) is 0 Å². The van der Waals surface area contributed by atoms with Gasteiger partial charge in [-0.15, -0.1) is 0 Å². The Balaban J connectivity index is 1.95. The summed E-state index contributed by atoms with van der Waals surface area (Å²) in [5.41, 5.74) is 0.0872. The van der Waals surface area contributed by atoms with E-state index in [-0.39, 0.29) is 23.9 Å². The van der Waals surface area contributed by atoms with E-state index in [1.54, 1.807) is 40.1 Å². The zero-order valence-electron chi connectivity index (χ0n) is 18.2. The van der Waals surface area contributed by atoms with E-state index in [1.165, 1.54) is 15.9 Å². The van der Waals surface area contributed by atoms with Crippen LogP contribution in [0.3, 0.4) is 0 Å². The predicted molar refractivity (Wildman–Crippen MR) is 116 cm³/mol. The van der Waals surface area contributed by atoms with Crippen LogP contribution in [0, 0.1) is 10.1 Å². The third kappa shape index (κ3) is 4.10. The number of benzene rings is 2. The molecule has 3 rings (SSSR count). The molecule has 0 radical (unpaired) electrons. The van der Waals surface area contributed by atoms with E-state index in [2.05, 4.69) is 0 Å². The highest BCUT2D eigenvalue weighted by atomic mass is 16.6. The monoisotopic (exact) mass is 425 g/mol. The zero-order valence-corrected chi connectivity index (χ0v) is 18.2. The van der Waals surface area contributed by atoms with Crippen LogP contribution in [0.1, 0.15) is 25.0 Å². The van der Waals surface area contributed by atoms with E-state index >= 15 is 0 Å². The first kappa shape index (κ1) is 22.3. The number of carbonyl (C=O) groups excluding carboxylic acids is 2. The highest BCUT2D eigenvalue weighted by Crippen LogP contribution is 2.34. The number of likely N-dealkylation sites (N-methyl/N-ethyl adjacent to an activating group) is 2. The molecular weight excluding hydrogens is 398 g/mol. The number of piperazine rings is 1. The van der Waals surface area contributed by atoms with Crippen molar-refractivity contribution in [3.8, 4) is 5.75 Å². The Labute approximate surface area is 181 Å². The largest absolute Gasteiger partial charge is 0.493 e. The minimum Gasteiger partial charge on any atom is -0.493 e. The highest BCUT2D eigenvalue weighted by Gasteiger charge is 2.51. The standard InChI is InChI=1S/C23H27N3O5/c1-5-31-20-13-9-12-18(26(29)30)17(20)14-19-21(27)25(4)23(2,22(28)24(19)3)15-16-10-7-6-8-11-16/h6-13,19H,5,14-15H2,1-4H3. The molecule has 0 N–H and O–H groups in total. The molecule has 1 aliphatic rings. The van der Waals surface area contributed by atoms with Crippen molar-refractivity contribution in [2.75, 3.05) is 20.7 Å². The van der Waals surface area contributed by atoms with Crippen LogP contribution in [0.4, 0.5) is 5.69 Å². The van der Waals surface area contributed by atoms with Gasteiger partial charge in [-0.3, -0.25) is 19.7 Å². The minimum absolute atomic E-state index is 0.000678. The Morgan fingerprint density at radius 2 is 1.77 bits per heavy atom. The van der Waals surface area contributed by atoms with E-state index in [1.807, 2.05) is 30.3 Å². The number of amides is 2. The molecule has 2 amide bonds. The maximum Gasteiger partial charge on any atom is 0.276 e. The molecule has 2 unspecified atom stereocenters. The number of hydrogen-bond acceptors (Lipinski definition) is 5. The molecule has 2 aromatic rings. The first-order valence-electron chi connectivity index (χ1n) is 10.2. The number of carbonyl (C=O) groups is 2. The Morgan fingerprint density at radius 1 is 1.10 bits per heavy atom. The van der Waals surface area contributed by atoms with Crippen molar-refractivity contribution in [3.63, 3.8) is 0 Å². The number of ether oxygens (including phenoxy) is 1. The molecule has 1 heterocycles. The average Bonchev–Trinajstić information content (AvgIpc) is 2.76. The van der Waals surface area contributed by atoms with Gasteiger partial charge in [0.05, 0.1) is 17.1 Å². The minimum atomic E-state index is -1.05. The van der Waals surface area contributed by atoms with Gasteiger partial charge < -0.3 is 14.5 Å². The van der Waals surface area contributed by atoms with Crippen molar-refractivity contribution >= 4 is 17.5 Å². The van der Waals surface area contributed by atoms with Crippen LogP contribution in [-0.4, -0.2) is 58.8 Å². The summed E-state index contributed by atoms with van der Waals surface area (Å²) in [6, 6.07) is 13.2. The third-order valence-electron chi connectivity index (χ3n) is 6.00. The lowest BCUT2D eigenvalue weighted by Gasteiger charge is -2.48. The Kier molecular flexibility index (Phi) is 6.29. The number of nitro benzene ring substituents is 1. The van der Waals surface area contributed by atoms with Gasteiger partial charge in [0.25, 0.3) is 5.69 Å².